The normalized spacial score (nSPS) is 25.1. The number of benzene rings is 2. The molecule has 2 saturated heterocycles. The number of hydrogen-bond acceptors (Lipinski definition) is 6. The summed E-state index contributed by atoms with van der Waals surface area (Å²) in [6.07, 6.45) is 0.611. The summed E-state index contributed by atoms with van der Waals surface area (Å²) in [5.74, 6) is -0.736. The molecule has 2 aromatic rings. The van der Waals surface area contributed by atoms with Crippen LogP contribution in [0.15, 0.2) is 60.7 Å². The number of hydrogen-bond donors (Lipinski definition) is 0. The highest BCUT2D eigenvalue weighted by Gasteiger charge is 2.57. The number of carbonyl (C=O) groups is 2. The van der Waals surface area contributed by atoms with E-state index in [0.717, 1.165) is 19.4 Å². The summed E-state index contributed by atoms with van der Waals surface area (Å²) in [4.78, 5) is 26.2. The van der Waals surface area contributed by atoms with Crippen molar-refractivity contribution in [1.29, 1.82) is 0 Å². The second-order valence-corrected chi connectivity index (χ2v) is 14.9. The zero-order valence-corrected chi connectivity index (χ0v) is 22.4. The Balaban J connectivity index is 1.80. The first kappa shape index (κ1) is 25.6. The number of esters is 2. The van der Waals surface area contributed by atoms with Gasteiger partial charge < -0.3 is 13.9 Å². The molecule has 2 aromatic carbocycles. The van der Waals surface area contributed by atoms with Crippen LogP contribution >= 0.6 is 0 Å². The minimum absolute atomic E-state index is 0.164. The molecule has 2 heterocycles. The molecule has 2 fully saturated rings. The highest BCUT2D eigenvalue weighted by Crippen LogP contribution is 2.41. The molecule has 4 rings (SSSR count). The van der Waals surface area contributed by atoms with Crippen molar-refractivity contribution in [3.63, 3.8) is 0 Å². The van der Waals surface area contributed by atoms with Crippen molar-refractivity contribution >= 4 is 30.6 Å². The van der Waals surface area contributed by atoms with Gasteiger partial charge in [0.15, 0.2) is 12.2 Å². The van der Waals surface area contributed by atoms with Crippen molar-refractivity contribution in [2.75, 3.05) is 13.1 Å². The van der Waals surface area contributed by atoms with E-state index in [4.69, 9.17) is 13.9 Å². The Bertz CT molecular complexity index is 983. The number of fused-ring (bicyclic) bond motifs is 1. The predicted molar refractivity (Wildman–Crippen MR) is 138 cm³/mol. The van der Waals surface area contributed by atoms with E-state index < -0.39 is 20.5 Å². The third-order valence-corrected chi connectivity index (χ3v) is 12.3. The van der Waals surface area contributed by atoms with Gasteiger partial charge in [-0.05, 0) is 34.8 Å². The molecule has 0 spiro atoms. The van der Waals surface area contributed by atoms with Gasteiger partial charge in [-0.15, -0.1) is 0 Å². The first-order chi connectivity index (χ1) is 16.6. The number of rotatable bonds is 6. The van der Waals surface area contributed by atoms with Crippen LogP contribution in [0.5, 0.6) is 0 Å². The van der Waals surface area contributed by atoms with Crippen LogP contribution < -0.4 is 10.4 Å². The van der Waals surface area contributed by atoms with Gasteiger partial charge in [-0.1, -0.05) is 81.4 Å². The van der Waals surface area contributed by atoms with Crippen molar-refractivity contribution in [2.24, 2.45) is 0 Å². The van der Waals surface area contributed by atoms with Crippen molar-refractivity contribution in [3.8, 4) is 0 Å². The Morgan fingerprint density at radius 2 is 1.40 bits per heavy atom. The molecule has 0 bridgehead atoms. The van der Waals surface area contributed by atoms with Crippen LogP contribution in [0.25, 0.3) is 0 Å². The Morgan fingerprint density at radius 1 is 0.857 bits per heavy atom. The van der Waals surface area contributed by atoms with E-state index in [-0.39, 0.29) is 29.1 Å². The first-order valence-corrected chi connectivity index (χ1v) is 14.4. The first-order valence-electron chi connectivity index (χ1n) is 12.5. The lowest BCUT2D eigenvalue weighted by Crippen LogP contribution is -2.69. The third kappa shape index (κ3) is 5.08. The molecule has 0 aromatic heterocycles. The fourth-order valence-electron chi connectivity index (χ4n) is 5.94. The van der Waals surface area contributed by atoms with E-state index in [2.05, 4.69) is 74.2 Å². The summed E-state index contributed by atoms with van der Waals surface area (Å²) in [5.41, 5.74) is 0. The summed E-state index contributed by atoms with van der Waals surface area (Å²) in [6, 6.07) is 21.0. The van der Waals surface area contributed by atoms with Crippen LogP contribution in [-0.4, -0.2) is 62.6 Å². The molecule has 0 amide bonds. The fourth-order valence-corrected chi connectivity index (χ4v) is 10.7. The lowest BCUT2D eigenvalue weighted by molar-refractivity contribution is -0.164. The minimum Gasteiger partial charge on any atom is -0.457 e. The number of carbonyl (C=O) groups excluding carboxylic acids is 2. The monoisotopic (exact) mass is 495 g/mol. The highest BCUT2D eigenvalue weighted by atomic mass is 28.4. The molecule has 0 N–H and O–H groups in total. The lowest BCUT2D eigenvalue weighted by Gasteiger charge is -2.48. The summed E-state index contributed by atoms with van der Waals surface area (Å²) in [7, 11) is -2.80. The largest absolute Gasteiger partial charge is 0.457 e. The molecule has 0 radical (unpaired) electrons. The van der Waals surface area contributed by atoms with Gasteiger partial charge in [0.2, 0.25) is 0 Å². The molecule has 0 aliphatic carbocycles. The summed E-state index contributed by atoms with van der Waals surface area (Å²) in [5, 5.41) is 2.27. The van der Waals surface area contributed by atoms with Crippen molar-refractivity contribution < 1.29 is 23.5 Å². The second-order valence-electron chi connectivity index (χ2n) is 10.7. The smallest absolute Gasteiger partial charge is 0.303 e. The predicted octanol–water partition coefficient (Wildman–Crippen LogP) is 3.27. The molecule has 2 aliphatic rings. The molecule has 7 heteroatoms. The van der Waals surface area contributed by atoms with E-state index >= 15 is 0 Å². The van der Waals surface area contributed by atoms with Crippen molar-refractivity contribution in [3.05, 3.63) is 60.7 Å². The van der Waals surface area contributed by atoms with Crippen molar-refractivity contribution in [1.82, 2.24) is 4.90 Å². The van der Waals surface area contributed by atoms with Gasteiger partial charge in [-0.2, -0.15) is 0 Å². The average molecular weight is 496 g/mol. The van der Waals surface area contributed by atoms with Gasteiger partial charge in [0.25, 0.3) is 8.32 Å². The van der Waals surface area contributed by atoms with E-state index in [0.29, 0.717) is 6.54 Å². The standard InChI is InChI=1S/C28H37NO5Si/c1-20(30)32-25-19-29-18-12-17-24(26(29)27(25)33-21(2)31)34-35(28(3,4)5,22-13-8-6-9-14-22)23-15-10-7-11-16-23/h6-11,13-16,24-27H,12,17-19H2,1-5H3/t24-,25+,26-,27+/m0/s1. The van der Waals surface area contributed by atoms with Crippen LogP contribution in [0.4, 0.5) is 0 Å². The highest BCUT2D eigenvalue weighted by molar-refractivity contribution is 6.99. The van der Waals surface area contributed by atoms with Crippen molar-refractivity contribution in [2.45, 2.75) is 76.9 Å². The molecule has 0 saturated carbocycles. The maximum absolute atomic E-state index is 12.1. The molecule has 2 aliphatic heterocycles. The van der Waals surface area contributed by atoms with Gasteiger partial charge >= 0.3 is 11.9 Å². The van der Waals surface area contributed by atoms with E-state index in [9.17, 15) is 9.59 Å². The quantitative estimate of drug-likeness (QED) is 0.453. The molecule has 188 valence electrons. The van der Waals surface area contributed by atoms with Gasteiger partial charge in [-0.3, -0.25) is 14.5 Å². The van der Waals surface area contributed by atoms with Crippen LogP contribution in [0.2, 0.25) is 5.04 Å². The Kier molecular flexibility index (Phi) is 7.50. The maximum atomic E-state index is 12.1. The SMILES string of the molecule is CC(=O)O[C@H]1[C@@H]2[C@@H](O[Si](c3ccccc3)(c3ccccc3)C(C)(C)C)CCCN2C[C@H]1OC(C)=O. The molecular weight excluding hydrogens is 458 g/mol. The van der Waals surface area contributed by atoms with E-state index in [1.807, 2.05) is 12.1 Å². The topological polar surface area (TPSA) is 65.1 Å². The molecule has 6 nitrogen and oxygen atoms in total. The van der Waals surface area contributed by atoms with Crippen LogP contribution in [0, 0.1) is 0 Å². The molecule has 0 unspecified atom stereocenters. The average Bonchev–Trinajstić information content (AvgIpc) is 3.14. The van der Waals surface area contributed by atoms with Gasteiger partial charge in [-0.25, -0.2) is 0 Å². The van der Waals surface area contributed by atoms with Gasteiger partial charge in [0, 0.05) is 20.4 Å². The molecular formula is C28H37NO5Si. The number of ether oxygens (including phenoxy) is 2. The van der Waals surface area contributed by atoms with E-state index in [1.54, 1.807) is 0 Å². The Morgan fingerprint density at radius 3 is 1.89 bits per heavy atom. The zero-order chi connectivity index (χ0) is 25.2. The summed E-state index contributed by atoms with van der Waals surface area (Å²) >= 11 is 0. The number of nitrogens with zero attached hydrogens (tertiary/aromatic N) is 1. The fraction of sp³-hybridized carbons (Fsp3) is 0.500. The third-order valence-electron chi connectivity index (χ3n) is 7.22. The van der Waals surface area contributed by atoms with E-state index in [1.165, 1.54) is 24.2 Å². The van der Waals surface area contributed by atoms with Gasteiger partial charge in [0.1, 0.15) is 0 Å². The summed E-state index contributed by atoms with van der Waals surface area (Å²) < 4.78 is 18.9. The molecule has 35 heavy (non-hydrogen) atoms. The van der Waals surface area contributed by atoms with Crippen LogP contribution in [0.1, 0.15) is 47.5 Å². The van der Waals surface area contributed by atoms with Gasteiger partial charge in [0.05, 0.1) is 12.1 Å². The van der Waals surface area contributed by atoms with Crippen LogP contribution in [0.3, 0.4) is 0 Å². The maximum Gasteiger partial charge on any atom is 0.303 e. The lowest BCUT2D eigenvalue weighted by atomic mass is 9.97. The Labute approximate surface area is 209 Å². The molecule has 4 atom stereocenters. The summed E-state index contributed by atoms with van der Waals surface area (Å²) in [6.45, 7) is 11.0. The number of piperidine rings is 1. The minimum atomic E-state index is -2.80. The second kappa shape index (κ2) is 10.2. The Hall–Kier alpha value is -2.48. The zero-order valence-electron chi connectivity index (χ0n) is 21.4. The van der Waals surface area contributed by atoms with Crippen LogP contribution in [-0.2, 0) is 23.5 Å².